The van der Waals surface area contributed by atoms with Gasteiger partial charge in [-0.3, -0.25) is 0 Å². The normalized spacial score (nSPS) is 11.3. The largest absolute Gasteiger partial charge is 0.241 e. The highest BCUT2D eigenvalue weighted by Crippen LogP contribution is 2.27. The first kappa shape index (κ1) is 11.8. The second kappa shape index (κ2) is 4.12. The summed E-state index contributed by atoms with van der Waals surface area (Å²) in [5.41, 5.74) is 0.266. The van der Waals surface area contributed by atoms with E-state index in [1.165, 1.54) is 6.20 Å². The number of hydrogen-bond donors (Lipinski definition) is 0. The lowest BCUT2D eigenvalue weighted by Gasteiger charge is -2.03. The molecule has 3 aromatic heterocycles. The maximum atomic E-state index is 13.8. The molecular formula is C10H2Cl3FN4. The zero-order valence-electron chi connectivity index (χ0n) is 8.46. The lowest BCUT2D eigenvalue weighted by atomic mass is 10.2. The average molecular weight is 304 g/mol. The van der Waals surface area contributed by atoms with E-state index < -0.39 is 5.82 Å². The van der Waals surface area contributed by atoms with Crippen LogP contribution in [0.25, 0.3) is 21.9 Å². The van der Waals surface area contributed by atoms with Gasteiger partial charge in [-0.25, -0.2) is 19.3 Å². The Morgan fingerprint density at radius 1 is 1.00 bits per heavy atom. The molecule has 0 atom stereocenters. The van der Waals surface area contributed by atoms with Gasteiger partial charge in [0.1, 0.15) is 10.7 Å². The summed E-state index contributed by atoms with van der Waals surface area (Å²) >= 11 is 17.2. The smallest absolute Gasteiger partial charge is 0.225 e. The third-order valence-corrected chi connectivity index (χ3v) is 3.07. The van der Waals surface area contributed by atoms with E-state index in [-0.39, 0.29) is 26.8 Å². The minimum absolute atomic E-state index is 0.0556. The van der Waals surface area contributed by atoms with Gasteiger partial charge in [0.15, 0.2) is 16.6 Å². The third-order valence-electron chi connectivity index (χ3n) is 2.35. The zero-order valence-corrected chi connectivity index (χ0v) is 10.7. The summed E-state index contributed by atoms with van der Waals surface area (Å²) < 4.78 is 13.8. The monoisotopic (exact) mass is 302 g/mol. The fraction of sp³-hybridized carbons (Fsp3) is 0. The average Bonchev–Trinajstić information content (AvgIpc) is 2.33. The lowest BCUT2D eigenvalue weighted by Crippen LogP contribution is -1.94. The molecule has 0 fully saturated rings. The van der Waals surface area contributed by atoms with Crippen molar-refractivity contribution in [2.75, 3.05) is 0 Å². The fourth-order valence-electron chi connectivity index (χ4n) is 1.56. The molecule has 0 unspecified atom stereocenters. The van der Waals surface area contributed by atoms with E-state index >= 15 is 0 Å². The van der Waals surface area contributed by atoms with Crippen molar-refractivity contribution in [3.05, 3.63) is 33.7 Å². The van der Waals surface area contributed by atoms with E-state index in [1.807, 2.05) is 0 Å². The summed E-state index contributed by atoms with van der Waals surface area (Å²) in [5, 5.41) is 0.768. The number of pyridine rings is 2. The quantitative estimate of drug-likeness (QED) is 0.275. The number of fused-ring (bicyclic) bond motifs is 2. The van der Waals surface area contributed by atoms with Crippen molar-refractivity contribution in [1.29, 1.82) is 0 Å². The van der Waals surface area contributed by atoms with Crippen LogP contribution >= 0.6 is 34.8 Å². The van der Waals surface area contributed by atoms with Gasteiger partial charge in [-0.15, -0.1) is 0 Å². The molecule has 0 aliphatic carbocycles. The first-order valence-corrected chi connectivity index (χ1v) is 5.83. The molecule has 3 aromatic rings. The van der Waals surface area contributed by atoms with E-state index in [1.54, 1.807) is 6.07 Å². The summed E-state index contributed by atoms with van der Waals surface area (Å²) in [6, 6.07) is 1.59. The highest BCUT2D eigenvalue weighted by Gasteiger charge is 2.13. The van der Waals surface area contributed by atoms with Crippen LogP contribution in [-0.4, -0.2) is 19.9 Å². The predicted molar refractivity (Wildman–Crippen MR) is 67.6 cm³/mol. The Balaban J connectivity index is 2.51. The van der Waals surface area contributed by atoms with Crippen LogP contribution in [0.3, 0.4) is 0 Å². The number of hydrogen-bond acceptors (Lipinski definition) is 4. The minimum atomic E-state index is -0.707. The van der Waals surface area contributed by atoms with Crippen LogP contribution in [0.1, 0.15) is 0 Å². The van der Waals surface area contributed by atoms with Gasteiger partial charge in [-0.05, 0) is 17.7 Å². The Kier molecular flexibility index (Phi) is 2.69. The molecule has 0 aliphatic heterocycles. The van der Waals surface area contributed by atoms with Crippen LogP contribution in [0.4, 0.5) is 4.39 Å². The highest BCUT2D eigenvalue weighted by atomic mass is 35.5. The molecule has 90 valence electrons. The molecule has 0 aliphatic rings. The first-order valence-electron chi connectivity index (χ1n) is 4.70. The minimum Gasteiger partial charge on any atom is -0.241 e. The summed E-state index contributed by atoms with van der Waals surface area (Å²) in [7, 11) is 0. The van der Waals surface area contributed by atoms with Gasteiger partial charge < -0.3 is 0 Å². The Hall–Kier alpha value is -1.30. The van der Waals surface area contributed by atoms with Crippen LogP contribution < -0.4 is 0 Å². The van der Waals surface area contributed by atoms with Gasteiger partial charge in [-0.2, -0.15) is 4.98 Å². The van der Waals surface area contributed by atoms with Crippen molar-refractivity contribution < 1.29 is 4.39 Å². The number of nitrogens with zero attached hydrogens (tertiary/aromatic N) is 4. The molecule has 0 aromatic carbocycles. The van der Waals surface area contributed by atoms with Crippen molar-refractivity contribution in [3.8, 4) is 0 Å². The number of rotatable bonds is 0. The molecule has 0 amide bonds. The van der Waals surface area contributed by atoms with Gasteiger partial charge in [0.25, 0.3) is 0 Å². The molecule has 4 nitrogen and oxygen atoms in total. The topological polar surface area (TPSA) is 51.6 Å². The van der Waals surface area contributed by atoms with Crippen LogP contribution in [0.15, 0.2) is 12.3 Å². The second-order valence-corrected chi connectivity index (χ2v) is 4.50. The van der Waals surface area contributed by atoms with Gasteiger partial charge in [0.05, 0.1) is 5.39 Å². The molecule has 3 heterocycles. The summed E-state index contributed by atoms with van der Waals surface area (Å²) in [5.74, 6) is -0.707. The van der Waals surface area contributed by atoms with Crippen molar-refractivity contribution >= 4 is 56.7 Å². The Bertz CT molecular complexity index is 793. The van der Waals surface area contributed by atoms with E-state index in [9.17, 15) is 4.39 Å². The SMILES string of the molecule is Fc1c(Cl)ncc2cc3c(Cl)nc(Cl)nc3nc12. The lowest BCUT2D eigenvalue weighted by molar-refractivity contribution is 0.631. The molecule has 0 bridgehead atoms. The van der Waals surface area contributed by atoms with Crippen molar-refractivity contribution in [3.63, 3.8) is 0 Å². The molecule has 0 spiro atoms. The van der Waals surface area contributed by atoms with Gasteiger partial charge >= 0.3 is 0 Å². The standard InChI is InChI=1S/C10H2Cl3FN4/c11-7-4-1-3-2-15-8(12)5(14)6(3)16-9(4)18-10(13)17-7/h1-2H. The van der Waals surface area contributed by atoms with Gasteiger partial charge in [0.2, 0.25) is 5.28 Å². The Morgan fingerprint density at radius 3 is 2.56 bits per heavy atom. The van der Waals surface area contributed by atoms with Crippen LogP contribution in [0.2, 0.25) is 15.6 Å². The summed E-state index contributed by atoms with van der Waals surface area (Å²) in [4.78, 5) is 15.4. The van der Waals surface area contributed by atoms with Crippen LogP contribution in [0, 0.1) is 5.82 Å². The molecule has 8 heteroatoms. The fourth-order valence-corrected chi connectivity index (χ4v) is 2.13. The first-order chi connectivity index (χ1) is 8.56. The number of halogens is 4. The van der Waals surface area contributed by atoms with Gasteiger partial charge in [-0.1, -0.05) is 23.2 Å². The zero-order chi connectivity index (χ0) is 12.9. The van der Waals surface area contributed by atoms with Crippen LogP contribution in [-0.2, 0) is 0 Å². The van der Waals surface area contributed by atoms with Gasteiger partial charge in [0, 0.05) is 11.6 Å². The molecule has 0 saturated carbocycles. The Morgan fingerprint density at radius 2 is 1.78 bits per heavy atom. The predicted octanol–water partition coefficient (Wildman–Crippen LogP) is 3.67. The molecule has 0 radical (unpaired) electrons. The maximum Gasteiger partial charge on any atom is 0.225 e. The number of aromatic nitrogens is 4. The third kappa shape index (κ3) is 1.75. The molecule has 18 heavy (non-hydrogen) atoms. The molecule has 3 rings (SSSR count). The van der Waals surface area contributed by atoms with Crippen LogP contribution in [0.5, 0.6) is 0 Å². The Labute approximate surface area is 115 Å². The van der Waals surface area contributed by atoms with Crippen molar-refractivity contribution in [2.24, 2.45) is 0 Å². The van der Waals surface area contributed by atoms with E-state index in [0.717, 1.165) is 0 Å². The molecular weight excluding hydrogens is 301 g/mol. The van der Waals surface area contributed by atoms with Crippen molar-refractivity contribution in [2.45, 2.75) is 0 Å². The summed E-state index contributed by atoms with van der Waals surface area (Å²) in [6.07, 6.45) is 1.40. The molecule has 0 N–H and O–H groups in total. The van der Waals surface area contributed by atoms with E-state index in [0.29, 0.717) is 10.8 Å². The second-order valence-electron chi connectivity index (χ2n) is 3.44. The maximum absolute atomic E-state index is 13.8. The highest BCUT2D eigenvalue weighted by molar-refractivity contribution is 6.35. The van der Waals surface area contributed by atoms with E-state index in [4.69, 9.17) is 34.8 Å². The molecule has 0 saturated heterocycles. The summed E-state index contributed by atoms with van der Waals surface area (Å²) in [6.45, 7) is 0. The van der Waals surface area contributed by atoms with E-state index in [2.05, 4.69) is 19.9 Å². The van der Waals surface area contributed by atoms with Crippen molar-refractivity contribution in [1.82, 2.24) is 19.9 Å².